The average Bonchev–Trinajstić information content (AvgIpc) is 2.57. The maximum absolute atomic E-state index is 12.6. The second kappa shape index (κ2) is 8.52. The summed E-state index contributed by atoms with van der Waals surface area (Å²) in [5.74, 6) is 0.0753. The molecule has 1 unspecified atom stereocenters. The lowest BCUT2D eigenvalue weighted by Gasteiger charge is -2.36. The van der Waals surface area contributed by atoms with Gasteiger partial charge in [-0.05, 0) is 50.3 Å². The minimum absolute atomic E-state index is 0.0705. The van der Waals surface area contributed by atoms with Gasteiger partial charge >= 0.3 is 0 Å². The van der Waals surface area contributed by atoms with Crippen LogP contribution in [0.1, 0.15) is 51.5 Å². The van der Waals surface area contributed by atoms with Crippen LogP contribution < -0.4 is 4.90 Å². The van der Waals surface area contributed by atoms with Crippen LogP contribution in [-0.2, 0) is 9.59 Å². The van der Waals surface area contributed by atoms with E-state index in [9.17, 15) is 9.59 Å². The van der Waals surface area contributed by atoms with Gasteiger partial charge in [0.1, 0.15) is 0 Å². The Labute approximate surface area is 149 Å². The highest BCUT2D eigenvalue weighted by molar-refractivity contribution is 6.31. The Morgan fingerprint density at radius 3 is 2.75 bits per heavy atom. The van der Waals surface area contributed by atoms with E-state index in [0.29, 0.717) is 24.0 Å². The number of anilines is 1. The summed E-state index contributed by atoms with van der Waals surface area (Å²) in [6, 6.07) is 5.85. The molecule has 1 aromatic rings. The summed E-state index contributed by atoms with van der Waals surface area (Å²) >= 11 is 6.07. The zero-order chi connectivity index (χ0) is 17.7. The normalized spacial score (nSPS) is 17.7. The highest BCUT2D eigenvalue weighted by Gasteiger charge is 2.26. The minimum atomic E-state index is -0.0705. The van der Waals surface area contributed by atoms with Gasteiger partial charge in [-0.2, -0.15) is 0 Å². The fourth-order valence-corrected chi connectivity index (χ4v) is 3.59. The lowest BCUT2D eigenvalue weighted by molar-refractivity contribution is -0.134. The molecule has 132 valence electrons. The first-order valence-electron chi connectivity index (χ1n) is 8.77. The Morgan fingerprint density at radius 2 is 2.08 bits per heavy atom. The van der Waals surface area contributed by atoms with Crippen LogP contribution in [0.4, 0.5) is 5.69 Å². The SMILES string of the molecule is CCC1CCCCN1C(=O)CCN(C(C)=O)c1cc(Cl)ccc1C. The monoisotopic (exact) mass is 350 g/mol. The van der Waals surface area contributed by atoms with E-state index < -0.39 is 0 Å². The number of rotatable bonds is 5. The highest BCUT2D eigenvalue weighted by atomic mass is 35.5. The van der Waals surface area contributed by atoms with Gasteiger partial charge in [-0.25, -0.2) is 0 Å². The van der Waals surface area contributed by atoms with Gasteiger partial charge in [-0.1, -0.05) is 24.6 Å². The van der Waals surface area contributed by atoms with Crippen molar-refractivity contribution in [3.63, 3.8) is 0 Å². The second-order valence-electron chi connectivity index (χ2n) is 6.50. The number of likely N-dealkylation sites (tertiary alicyclic amines) is 1. The number of piperidine rings is 1. The third kappa shape index (κ3) is 4.50. The molecule has 1 aromatic carbocycles. The average molecular weight is 351 g/mol. The Bertz CT molecular complexity index is 603. The summed E-state index contributed by atoms with van der Waals surface area (Å²) in [5, 5.41) is 0.593. The Hall–Kier alpha value is -1.55. The van der Waals surface area contributed by atoms with Crippen LogP contribution in [0, 0.1) is 6.92 Å². The van der Waals surface area contributed by atoms with Crippen molar-refractivity contribution < 1.29 is 9.59 Å². The number of benzene rings is 1. The van der Waals surface area contributed by atoms with Gasteiger partial charge in [0.2, 0.25) is 11.8 Å². The highest BCUT2D eigenvalue weighted by Crippen LogP contribution is 2.25. The summed E-state index contributed by atoms with van der Waals surface area (Å²) in [4.78, 5) is 28.4. The van der Waals surface area contributed by atoms with Crippen LogP contribution in [0.2, 0.25) is 5.02 Å². The molecule has 1 atom stereocenters. The van der Waals surface area contributed by atoms with Gasteiger partial charge in [0, 0.05) is 43.2 Å². The van der Waals surface area contributed by atoms with Gasteiger partial charge in [-0.3, -0.25) is 9.59 Å². The molecule has 1 heterocycles. The first kappa shape index (κ1) is 18.8. The maximum Gasteiger partial charge on any atom is 0.224 e. The molecule has 1 aliphatic rings. The first-order valence-corrected chi connectivity index (χ1v) is 9.15. The smallest absolute Gasteiger partial charge is 0.224 e. The zero-order valence-electron chi connectivity index (χ0n) is 14.8. The molecule has 0 aromatic heterocycles. The number of hydrogen-bond donors (Lipinski definition) is 0. The number of carbonyl (C=O) groups is 2. The molecule has 1 saturated heterocycles. The van der Waals surface area contributed by atoms with Crippen LogP contribution in [0.5, 0.6) is 0 Å². The molecule has 1 fully saturated rings. The zero-order valence-corrected chi connectivity index (χ0v) is 15.6. The van der Waals surface area contributed by atoms with Crippen molar-refractivity contribution in [1.82, 2.24) is 4.90 Å². The topological polar surface area (TPSA) is 40.6 Å². The molecule has 1 aliphatic heterocycles. The van der Waals surface area contributed by atoms with Crippen molar-refractivity contribution >= 4 is 29.1 Å². The van der Waals surface area contributed by atoms with Gasteiger partial charge in [0.05, 0.1) is 0 Å². The predicted octanol–water partition coefficient (Wildman–Crippen LogP) is 4.18. The standard InChI is InChI=1S/C19H27ClN2O2/c1-4-17-7-5-6-11-22(17)19(24)10-12-21(15(3)23)18-13-16(20)9-8-14(18)2/h8-9,13,17H,4-7,10-12H2,1-3H3. The van der Waals surface area contributed by atoms with Gasteiger partial charge < -0.3 is 9.80 Å². The molecule has 0 spiro atoms. The molecule has 5 heteroatoms. The van der Waals surface area contributed by atoms with Crippen LogP contribution >= 0.6 is 11.6 Å². The predicted molar refractivity (Wildman–Crippen MR) is 98.5 cm³/mol. The lowest BCUT2D eigenvalue weighted by Crippen LogP contribution is -2.44. The van der Waals surface area contributed by atoms with E-state index in [2.05, 4.69) is 6.92 Å². The maximum atomic E-state index is 12.6. The van der Waals surface area contributed by atoms with E-state index in [0.717, 1.165) is 37.1 Å². The molecule has 24 heavy (non-hydrogen) atoms. The number of amides is 2. The third-order valence-corrected chi connectivity index (χ3v) is 5.05. The Kier molecular flexibility index (Phi) is 6.67. The number of hydrogen-bond acceptors (Lipinski definition) is 2. The molecule has 0 aliphatic carbocycles. The van der Waals surface area contributed by atoms with Crippen molar-refractivity contribution in [3.8, 4) is 0 Å². The van der Waals surface area contributed by atoms with Crippen molar-refractivity contribution in [1.29, 1.82) is 0 Å². The lowest BCUT2D eigenvalue weighted by atomic mass is 9.99. The number of carbonyl (C=O) groups excluding carboxylic acids is 2. The number of halogens is 1. The van der Waals surface area contributed by atoms with E-state index in [1.165, 1.54) is 13.3 Å². The van der Waals surface area contributed by atoms with E-state index >= 15 is 0 Å². The van der Waals surface area contributed by atoms with E-state index in [1.807, 2.05) is 24.0 Å². The summed E-state index contributed by atoms with van der Waals surface area (Å²) in [6.07, 6.45) is 4.71. The van der Waals surface area contributed by atoms with Gasteiger partial charge in [0.25, 0.3) is 0 Å². The molecular formula is C19H27ClN2O2. The van der Waals surface area contributed by atoms with Crippen molar-refractivity contribution in [2.75, 3.05) is 18.0 Å². The molecule has 4 nitrogen and oxygen atoms in total. The molecular weight excluding hydrogens is 324 g/mol. The fraction of sp³-hybridized carbons (Fsp3) is 0.579. The van der Waals surface area contributed by atoms with E-state index in [1.54, 1.807) is 11.0 Å². The molecule has 2 rings (SSSR count). The quantitative estimate of drug-likeness (QED) is 0.799. The molecule has 0 N–H and O–H groups in total. The summed E-state index contributed by atoms with van der Waals surface area (Å²) < 4.78 is 0. The van der Waals surface area contributed by atoms with Crippen LogP contribution in [0.15, 0.2) is 18.2 Å². The van der Waals surface area contributed by atoms with Crippen molar-refractivity contribution in [3.05, 3.63) is 28.8 Å². The van der Waals surface area contributed by atoms with Crippen LogP contribution in [-0.4, -0.2) is 35.8 Å². The third-order valence-electron chi connectivity index (χ3n) is 4.81. The Balaban J connectivity index is 2.07. The van der Waals surface area contributed by atoms with Crippen LogP contribution in [0.25, 0.3) is 0 Å². The minimum Gasteiger partial charge on any atom is -0.340 e. The van der Waals surface area contributed by atoms with E-state index in [4.69, 9.17) is 11.6 Å². The fourth-order valence-electron chi connectivity index (χ4n) is 3.43. The molecule has 0 bridgehead atoms. The van der Waals surface area contributed by atoms with Crippen LogP contribution in [0.3, 0.4) is 0 Å². The van der Waals surface area contributed by atoms with Crippen molar-refractivity contribution in [2.45, 2.75) is 58.9 Å². The number of nitrogens with zero attached hydrogens (tertiary/aromatic N) is 2. The van der Waals surface area contributed by atoms with Gasteiger partial charge in [0.15, 0.2) is 0 Å². The molecule has 2 amide bonds. The van der Waals surface area contributed by atoms with Crippen molar-refractivity contribution in [2.24, 2.45) is 0 Å². The molecule has 0 saturated carbocycles. The first-order chi connectivity index (χ1) is 11.4. The van der Waals surface area contributed by atoms with Gasteiger partial charge in [-0.15, -0.1) is 0 Å². The summed E-state index contributed by atoms with van der Waals surface area (Å²) in [7, 11) is 0. The summed E-state index contributed by atoms with van der Waals surface area (Å²) in [6.45, 7) is 6.84. The summed E-state index contributed by atoms with van der Waals surface area (Å²) in [5.41, 5.74) is 1.76. The number of aryl methyl sites for hydroxylation is 1. The largest absolute Gasteiger partial charge is 0.340 e. The van der Waals surface area contributed by atoms with E-state index in [-0.39, 0.29) is 11.8 Å². The molecule has 0 radical (unpaired) electrons. The Morgan fingerprint density at radius 1 is 1.33 bits per heavy atom. The second-order valence-corrected chi connectivity index (χ2v) is 6.93.